The van der Waals surface area contributed by atoms with Gasteiger partial charge in [-0.3, -0.25) is 23.9 Å². The number of hydrogen-bond acceptors (Lipinski definition) is 9. The van der Waals surface area contributed by atoms with Crippen LogP contribution in [-0.2, 0) is 9.59 Å². The summed E-state index contributed by atoms with van der Waals surface area (Å²) in [6.45, 7) is 5.47. The average Bonchev–Trinajstić information content (AvgIpc) is 3.41. The fourth-order valence-electron chi connectivity index (χ4n) is 5.13. The maximum atomic E-state index is 13.2. The highest BCUT2D eigenvalue weighted by Crippen LogP contribution is 2.34. The molecule has 0 saturated heterocycles. The Labute approximate surface area is 289 Å². The Hall–Kier alpha value is -5.05. The quantitative estimate of drug-likeness (QED) is 0.122. The first-order valence-electron chi connectivity index (χ1n) is 15.6. The van der Waals surface area contributed by atoms with Crippen LogP contribution in [0.15, 0.2) is 71.7 Å². The molecule has 13 nitrogen and oxygen atoms in total. The number of rotatable bonds is 13. The molecular formula is C34H38ClN7O6Si. The molecule has 1 aliphatic rings. The van der Waals surface area contributed by atoms with Crippen LogP contribution in [0.5, 0.6) is 11.5 Å². The van der Waals surface area contributed by atoms with E-state index in [2.05, 4.69) is 26.1 Å². The zero-order chi connectivity index (χ0) is 35.1. The number of fused-ring (bicyclic) bond motifs is 3. The van der Waals surface area contributed by atoms with Crippen LogP contribution in [0.25, 0.3) is 5.69 Å². The van der Waals surface area contributed by atoms with Crippen LogP contribution in [0.1, 0.15) is 45.6 Å². The van der Waals surface area contributed by atoms with Crippen molar-refractivity contribution in [1.82, 2.24) is 30.7 Å². The van der Waals surface area contributed by atoms with Crippen molar-refractivity contribution in [3.05, 3.63) is 100 Å². The number of benzene rings is 3. The van der Waals surface area contributed by atoms with Crippen LogP contribution in [0.4, 0.5) is 0 Å². The molecule has 0 radical (unpaired) electrons. The number of aromatic nitrogens is 3. The van der Waals surface area contributed by atoms with Gasteiger partial charge in [-0.1, -0.05) is 23.7 Å². The van der Waals surface area contributed by atoms with Gasteiger partial charge in [0, 0.05) is 27.9 Å². The van der Waals surface area contributed by atoms with Crippen molar-refractivity contribution in [1.29, 1.82) is 0 Å². The molecule has 4 N–H and O–H groups in total. The molecule has 3 amide bonds. The maximum Gasteiger partial charge on any atom is 0.251 e. The molecule has 0 unspecified atom stereocenters. The number of hydrogen-bond donors (Lipinski definition) is 4. The number of amides is 3. The Morgan fingerprint density at radius 2 is 1.65 bits per heavy atom. The Morgan fingerprint density at radius 3 is 2.35 bits per heavy atom. The van der Waals surface area contributed by atoms with Crippen molar-refractivity contribution >= 4 is 43.4 Å². The largest absolute Gasteiger partial charge is 0.497 e. The van der Waals surface area contributed by atoms with Crippen molar-refractivity contribution < 1.29 is 28.7 Å². The standard InChI is InChI=1S/C34H38ClN7O6Si/c1-21-40-41-33-28(39-32(22-5-9-24(35)10-6-22)27-17-26(47-2)13-14-29(27)42(21)33)18-30(43)37-19-31(44)36-15-16-48-25-11-7-23(8-12-25)34(45)38-20-49(3,4)46/h5-14,17,28,46H,15-16,18-20H2,1-4H3,(H,36,44)(H,37,43)(H,38,45)/t28-/m0/s1. The number of methoxy groups -OCH3 is 1. The first kappa shape index (κ1) is 35.3. The third-order valence-corrected chi connectivity index (χ3v) is 8.86. The van der Waals surface area contributed by atoms with Crippen molar-refractivity contribution in [2.45, 2.75) is 32.5 Å². The molecule has 256 valence electrons. The third-order valence-electron chi connectivity index (χ3n) is 7.57. The second-order valence-electron chi connectivity index (χ2n) is 12.0. The molecule has 1 aromatic heterocycles. The summed E-state index contributed by atoms with van der Waals surface area (Å²) in [7, 11) is -0.802. The lowest BCUT2D eigenvalue weighted by Gasteiger charge is -2.15. The molecule has 5 rings (SSSR count). The summed E-state index contributed by atoms with van der Waals surface area (Å²) in [5.41, 5.74) is 3.45. The highest BCUT2D eigenvalue weighted by atomic mass is 35.5. The van der Waals surface area contributed by atoms with Gasteiger partial charge in [-0.2, -0.15) is 0 Å². The van der Waals surface area contributed by atoms with E-state index in [-0.39, 0.29) is 50.0 Å². The molecule has 0 spiro atoms. The van der Waals surface area contributed by atoms with E-state index in [0.29, 0.717) is 39.4 Å². The topological polar surface area (TPSA) is 169 Å². The van der Waals surface area contributed by atoms with Gasteiger partial charge in [-0.15, -0.1) is 10.2 Å². The van der Waals surface area contributed by atoms with Gasteiger partial charge in [-0.25, -0.2) is 0 Å². The predicted octanol–water partition coefficient (Wildman–Crippen LogP) is 3.30. The highest BCUT2D eigenvalue weighted by molar-refractivity contribution is 6.70. The molecular weight excluding hydrogens is 666 g/mol. The van der Waals surface area contributed by atoms with Gasteiger partial charge < -0.3 is 30.2 Å². The molecule has 1 aliphatic heterocycles. The first-order valence-corrected chi connectivity index (χ1v) is 19.2. The lowest BCUT2D eigenvalue weighted by Crippen LogP contribution is -2.42. The molecule has 0 bridgehead atoms. The number of ether oxygens (including phenoxy) is 2. The number of nitrogens with one attached hydrogen (secondary N) is 3. The first-order chi connectivity index (χ1) is 23.4. The Bertz CT molecular complexity index is 1860. The van der Waals surface area contributed by atoms with Crippen molar-refractivity contribution in [3.63, 3.8) is 0 Å². The van der Waals surface area contributed by atoms with Gasteiger partial charge >= 0.3 is 0 Å². The monoisotopic (exact) mass is 703 g/mol. The van der Waals surface area contributed by atoms with Crippen molar-refractivity contribution in [2.24, 2.45) is 4.99 Å². The third kappa shape index (κ3) is 9.10. The van der Waals surface area contributed by atoms with Gasteiger partial charge in [0.15, 0.2) is 5.82 Å². The number of halogens is 1. The summed E-state index contributed by atoms with van der Waals surface area (Å²) in [6, 6.07) is 18.8. The van der Waals surface area contributed by atoms with Crippen molar-refractivity contribution in [3.8, 4) is 17.2 Å². The molecule has 0 aliphatic carbocycles. The van der Waals surface area contributed by atoms with E-state index < -0.39 is 14.4 Å². The Balaban J connectivity index is 1.18. The molecule has 15 heteroatoms. The minimum atomic E-state index is -2.39. The average molecular weight is 704 g/mol. The highest BCUT2D eigenvalue weighted by Gasteiger charge is 2.30. The van der Waals surface area contributed by atoms with Crippen LogP contribution in [0.2, 0.25) is 18.1 Å². The van der Waals surface area contributed by atoms with Crippen LogP contribution in [-0.4, -0.2) is 84.3 Å². The van der Waals surface area contributed by atoms with Gasteiger partial charge in [0.2, 0.25) is 20.1 Å². The zero-order valence-corrected chi connectivity index (χ0v) is 29.4. The molecule has 4 aromatic rings. The van der Waals surface area contributed by atoms with Gasteiger partial charge in [0.05, 0.1) is 38.0 Å². The van der Waals surface area contributed by atoms with Gasteiger partial charge in [0.25, 0.3) is 5.91 Å². The summed E-state index contributed by atoms with van der Waals surface area (Å²) >= 11 is 6.17. The minimum Gasteiger partial charge on any atom is -0.497 e. The van der Waals surface area contributed by atoms with E-state index in [1.165, 1.54) is 0 Å². The fraction of sp³-hybridized carbons (Fsp3) is 0.294. The van der Waals surface area contributed by atoms with E-state index in [1.54, 1.807) is 56.6 Å². The smallest absolute Gasteiger partial charge is 0.251 e. The van der Waals surface area contributed by atoms with E-state index in [4.69, 9.17) is 26.1 Å². The number of aryl methyl sites for hydroxylation is 1. The van der Waals surface area contributed by atoms with E-state index in [0.717, 1.165) is 16.8 Å². The van der Waals surface area contributed by atoms with Crippen LogP contribution in [0.3, 0.4) is 0 Å². The predicted molar refractivity (Wildman–Crippen MR) is 187 cm³/mol. The number of carbonyl (C=O) groups excluding carboxylic acids is 3. The molecule has 49 heavy (non-hydrogen) atoms. The van der Waals surface area contributed by atoms with Crippen LogP contribution < -0.4 is 25.4 Å². The SMILES string of the molecule is COc1ccc2c(c1)C(c1ccc(Cl)cc1)=N[C@@H](CC(=O)NCC(=O)NCCOc1ccc(C(=O)NC[Si](C)(C)O)cc1)c1nnc(C)n1-2. The molecule has 0 saturated carbocycles. The molecule has 2 heterocycles. The minimum absolute atomic E-state index is 0.0789. The molecule has 0 fully saturated rings. The zero-order valence-electron chi connectivity index (χ0n) is 27.6. The normalized spacial score (nSPS) is 13.7. The molecule has 1 atom stereocenters. The number of aliphatic imine (C=N–C) groups is 1. The fourth-order valence-corrected chi connectivity index (χ4v) is 5.85. The lowest BCUT2D eigenvalue weighted by molar-refractivity contribution is -0.126. The van der Waals surface area contributed by atoms with Crippen LogP contribution in [0, 0.1) is 6.92 Å². The maximum absolute atomic E-state index is 13.2. The summed E-state index contributed by atoms with van der Waals surface area (Å²) in [5, 5.41) is 17.4. The van der Waals surface area contributed by atoms with E-state index in [9.17, 15) is 19.2 Å². The Kier molecular flexibility index (Phi) is 11.1. The van der Waals surface area contributed by atoms with Crippen LogP contribution >= 0.6 is 11.6 Å². The summed E-state index contributed by atoms with van der Waals surface area (Å²) in [4.78, 5) is 52.9. The summed E-state index contributed by atoms with van der Waals surface area (Å²) in [6.07, 6.45) is 0.182. The lowest BCUT2D eigenvalue weighted by atomic mass is 10.00. The van der Waals surface area contributed by atoms with E-state index >= 15 is 0 Å². The van der Waals surface area contributed by atoms with Crippen molar-refractivity contribution in [2.75, 3.05) is 33.0 Å². The van der Waals surface area contributed by atoms with Gasteiger partial charge in [-0.05, 0) is 74.6 Å². The van der Waals surface area contributed by atoms with E-state index in [1.807, 2.05) is 41.8 Å². The summed E-state index contributed by atoms with van der Waals surface area (Å²) in [5.74, 6) is 1.25. The Morgan fingerprint density at radius 1 is 0.939 bits per heavy atom. The second-order valence-corrected chi connectivity index (χ2v) is 16.4. The molecule has 3 aromatic carbocycles. The summed E-state index contributed by atoms with van der Waals surface area (Å²) < 4.78 is 13.1. The number of nitrogens with zero attached hydrogens (tertiary/aromatic N) is 4. The van der Waals surface area contributed by atoms with Gasteiger partial charge in [0.1, 0.15) is 30.0 Å². The second kappa shape index (κ2) is 15.4. The number of carbonyl (C=O) groups is 3.